The van der Waals surface area contributed by atoms with Crippen molar-refractivity contribution in [1.82, 2.24) is 0 Å². The first kappa shape index (κ1) is 25.6. The Morgan fingerprint density at radius 3 is 1.64 bits per heavy atom. The Bertz CT molecular complexity index is 251. The third-order valence-electron chi connectivity index (χ3n) is 3.72. The van der Waals surface area contributed by atoms with Gasteiger partial charge in [-0.05, 0) is 31.6 Å². The molecule has 0 rings (SSSR count). The first-order valence-corrected chi connectivity index (χ1v) is 11.5. The second-order valence-corrected chi connectivity index (χ2v) is 8.32. The van der Waals surface area contributed by atoms with Crippen LogP contribution in [0.2, 0.25) is 0 Å². The smallest absolute Gasteiger partial charge is 0.160 e. The topological polar surface area (TPSA) is 81.4 Å². The van der Waals surface area contributed by atoms with Gasteiger partial charge in [-0.15, -0.1) is 17.2 Å². The molecule has 0 bridgehead atoms. The molecular weight excluding hydrogens is 364 g/mol. The van der Waals surface area contributed by atoms with Gasteiger partial charge in [-0.1, -0.05) is 0 Å². The van der Waals surface area contributed by atoms with Crippen molar-refractivity contribution in [2.24, 2.45) is 5.90 Å². The molecule has 0 amide bonds. The van der Waals surface area contributed by atoms with Crippen LogP contribution in [0.15, 0.2) is 0 Å². The van der Waals surface area contributed by atoms with Gasteiger partial charge in [0.1, 0.15) is 0 Å². The summed E-state index contributed by atoms with van der Waals surface area (Å²) < 4.78 is 26.9. The molecule has 0 aromatic carbocycles. The van der Waals surface area contributed by atoms with Gasteiger partial charge in [-0.3, -0.25) is 0 Å². The number of nitrogens with two attached hydrogens (primary N) is 1. The number of methoxy groups -OCH3 is 4. The monoisotopic (exact) mass is 401 g/mol. The molecule has 2 atom stereocenters. The summed E-state index contributed by atoms with van der Waals surface area (Å²) in [6.07, 6.45) is 7.16. The number of hydrogen-bond donors (Lipinski definition) is 1. The summed E-state index contributed by atoms with van der Waals surface area (Å²) in [6.45, 7) is 1.22. The maximum Gasteiger partial charge on any atom is 0.160 e. The molecule has 7 nitrogen and oxygen atoms in total. The quantitative estimate of drug-likeness (QED) is 0.153. The Morgan fingerprint density at radius 2 is 1.24 bits per heavy atom. The van der Waals surface area contributed by atoms with E-state index >= 15 is 0 Å². The lowest BCUT2D eigenvalue weighted by molar-refractivity contribution is -0.0848. The van der Waals surface area contributed by atoms with E-state index in [1.54, 1.807) is 28.4 Å². The Labute approximate surface area is 156 Å². The Kier molecular flexibility index (Phi) is 19.8. The largest absolute Gasteiger partial charge is 0.378 e. The van der Waals surface area contributed by atoms with Gasteiger partial charge in [0.25, 0.3) is 0 Å². The van der Waals surface area contributed by atoms with Gasteiger partial charge in [0.2, 0.25) is 0 Å². The minimum absolute atomic E-state index is 0.0964. The molecule has 0 heterocycles. The fraction of sp³-hybridized carbons (Fsp3) is 1.00. The molecule has 0 radical (unpaired) electrons. The van der Waals surface area contributed by atoms with Crippen LogP contribution in [-0.4, -0.2) is 85.0 Å². The van der Waals surface area contributed by atoms with Crippen LogP contribution in [0.1, 0.15) is 19.3 Å². The molecule has 0 saturated heterocycles. The molecule has 0 aromatic rings. The van der Waals surface area contributed by atoms with Crippen molar-refractivity contribution >= 4 is 17.2 Å². The molecule has 0 saturated carbocycles. The highest BCUT2D eigenvalue weighted by Crippen LogP contribution is 2.21. The Hall–Kier alpha value is 0.580. The zero-order valence-electron chi connectivity index (χ0n) is 16.1. The van der Waals surface area contributed by atoms with E-state index in [2.05, 4.69) is 4.84 Å². The molecular formula is C16H37NO6P2. The lowest BCUT2D eigenvalue weighted by Crippen LogP contribution is -2.19. The van der Waals surface area contributed by atoms with Crippen LogP contribution < -0.4 is 5.90 Å². The Balaban J connectivity index is 4.00. The van der Waals surface area contributed by atoms with Crippen LogP contribution in [0.5, 0.6) is 0 Å². The average Bonchev–Trinajstić information content (AvgIpc) is 2.64. The van der Waals surface area contributed by atoms with Gasteiger partial charge in [-0.25, -0.2) is 5.90 Å². The van der Waals surface area contributed by atoms with Gasteiger partial charge in [0.05, 0.1) is 12.7 Å². The third-order valence-corrected chi connectivity index (χ3v) is 6.25. The summed E-state index contributed by atoms with van der Waals surface area (Å²) in [7, 11) is 8.34. The van der Waals surface area contributed by atoms with E-state index in [1.165, 1.54) is 0 Å². The summed E-state index contributed by atoms with van der Waals surface area (Å²) in [5.41, 5.74) is 0. The van der Waals surface area contributed by atoms with Crippen molar-refractivity contribution in [3.63, 3.8) is 0 Å². The van der Waals surface area contributed by atoms with E-state index in [9.17, 15) is 0 Å². The van der Waals surface area contributed by atoms with E-state index < -0.39 is 0 Å². The van der Waals surface area contributed by atoms with Gasteiger partial charge >= 0.3 is 0 Å². The van der Waals surface area contributed by atoms with Gasteiger partial charge < -0.3 is 28.5 Å². The molecule has 0 spiro atoms. The SMILES string of the molecule is COC(CPCCC(CCPCC(OC)OC)OCCCON)OC. The molecule has 0 aliphatic carbocycles. The van der Waals surface area contributed by atoms with E-state index in [0.717, 1.165) is 61.1 Å². The van der Waals surface area contributed by atoms with Crippen molar-refractivity contribution in [1.29, 1.82) is 0 Å². The highest BCUT2D eigenvalue weighted by Gasteiger charge is 2.12. The van der Waals surface area contributed by atoms with Gasteiger partial charge in [0, 0.05) is 47.4 Å². The molecule has 0 fully saturated rings. The van der Waals surface area contributed by atoms with Crippen LogP contribution in [0.4, 0.5) is 0 Å². The Morgan fingerprint density at radius 1 is 0.760 bits per heavy atom. The molecule has 0 aliphatic rings. The summed E-state index contributed by atoms with van der Waals surface area (Å²) in [5, 5.41) is 0. The van der Waals surface area contributed by atoms with E-state index in [4.69, 9.17) is 29.6 Å². The van der Waals surface area contributed by atoms with Crippen molar-refractivity contribution < 1.29 is 28.5 Å². The molecule has 25 heavy (non-hydrogen) atoms. The highest BCUT2D eigenvalue weighted by atomic mass is 31.1. The molecule has 2 N–H and O–H groups in total. The lowest BCUT2D eigenvalue weighted by atomic mass is 10.2. The molecule has 9 heteroatoms. The minimum Gasteiger partial charge on any atom is -0.378 e. The standard InChI is InChI=1S/C16H37NO6P2/c1-18-15(19-2)12-24-10-6-14(22-8-5-9-23-17)7-11-25-13-16(20-3)21-4/h14-16,24-25H,5-13,17H2,1-4H3. The zero-order chi connectivity index (χ0) is 18.8. The van der Waals surface area contributed by atoms with E-state index in [1.807, 2.05) is 0 Å². The van der Waals surface area contributed by atoms with Gasteiger partial charge in [0.15, 0.2) is 12.6 Å². The summed E-state index contributed by atoms with van der Waals surface area (Å²) in [4.78, 5) is 4.59. The van der Waals surface area contributed by atoms with Crippen LogP contribution >= 0.6 is 17.2 Å². The van der Waals surface area contributed by atoms with Crippen LogP contribution in [0.3, 0.4) is 0 Å². The van der Waals surface area contributed by atoms with Crippen LogP contribution in [0, 0.1) is 0 Å². The average molecular weight is 401 g/mol. The molecule has 0 aliphatic heterocycles. The maximum atomic E-state index is 6.01. The zero-order valence-corrected chi connectivity index (χ0v) is 18.1. The van der Waals surface area contributed by atoms with Crippen molar-refractivity contribution in [2.75, 3.05) is 66.3 Å². The normalized spacial score (nSPS) is 14.0. The minimum atomic E-state index is -0.0964. The highest BCUT2D eigenvalue weighted by molar-refractivity contribution is 7.38. The van der Waals surface area contributed by atoms with Crippen molar-refractivity contribution in [3.05, 3.63) is 0 Å². The van der Waals surface area contributed by atoms with Crippen LogP contribution in [-0.2, 0) is 28.5 Å². The second kappa shape index (κ2) is 19.3. The number of hydrogen-bond acceptors (Lipinski definition) is 7. The van der Waals surface area contributed by atoms with E-state index in [0.29, 0.717) is 13.2 Å². The predicted molar refractivity (Wildman–Crippen MR) is 105 cm³/mol. The molecule has 2 unspecified atom stereocenters. The predicted octanol–water partition coefficient (Wildman–Crippen LogP) is 2.03. The third kappa shape index (κ3) is 15.3. The summed E-state index contributed by atoms with van der Waals surface area (Å²) in [5.74, 6) is 5.05. The maximum absolute atomic E-state index is 6.01. The summed E-state index contributed by atoms with van der Waals surface area (Å²) in [6, 6.07) is 0. The second-order valence-electron chi connectivity index (χ2n) is 5.50. The first-order chi connectivity index (χ1) is 12.2. The van der Waals surface area contributed by atoms with Crippen LogP contribution in [0.25, 0.3) is 0 Å². The van der Waals surface area contributed by atoms with Crippen molar-refractivity contribution in [3.8, 4) is 0 Å². The first-order valence-electron chi connectivity index (χ1n) is 8.67. The van der Waals surface area contributed by atoms with E-state index in [-0.39, 0.29) is 18.7 Å². The van der Waals surface area contributed by atoms with Crippen molar-refractivity contribution in [2.45, 2.75) is 37.9 Å². The lowest BCUT2D eigenvalue weighted by Gasteiger charge is -2.19. The number of ether oxygens (including phenoxy) is 5. The number of rotatable bonds is 19. The fourth-order valence-electron chi connectivity index (χ4n) is 2.19. The molecule has 152 valence electrons. The fourth-order valence-corrected chi connectivity index (χ4v) is 4.79. The summed E-state index contributed by atoms with van der Waals surface area (Å²) >= 11 is 0. The molecule has 0 aromatic heterocycles. The van der Waals surface area contributed by atoms with Gasteiger partial charge in [-0.2, -0.15) is 0 Å².